The van der Waals surface area contributed by atoms with Crippen LogP contribution in [0, 0.1) is 0 Å². The Balaban J connectivity index is 1.64. The van der Waals surface area contributed by atoms with Gasteiger partial charge in [0.2, 0.25) is 5.91 Å². The molecule has 1 fully saturated rings. The number of benzene rings is 1. The van der Waals surface area contributed by atoms with Gasteiger partial charge in [-0.25, -0.2) is 4.79 Å². The van der Waals surface area contributed by atoms with Crippen molar-refractivity contribution in [2.24, 2.45) is 0 Å². The number of ether oxygens (including phenoxy) is 1. The van der Waals surface area contributed by atoms with Gasteiger partial charge in [-0.3, -0.25) is 23.6 Å². The number of carbonyl (C=O) groups is 1. The first-order valence-corrected chi connectivity index (χ1v) is 12.9. The number of aliphatic hydroxyl groups excluding tert-OH is 1. The van der Waals surface area contributed by atoms with Gasteiger partial charge in [-0.15, -0.1) is 0 Å². The molecule has 1 atom stereocenters. The van der Waals surface area contributed by atoms with E-state index < -0.39 is 11.7 Å². The average Bonchev–Trinajstić information content (AvgIpc) is 2.79. The molecule has 1 aliphatic heterocycles. The highest BCUT2D eigenvalue weighted by molar-refractivity contribution is 5.88. The van der Waals surface area contributed by atoms with Crippen LogP contribution in [0.25, 0.3) is 0 Å². The molecule has 1 aliphatic rings. The molecule has 1 amide bonds. The Morgan fingerprint density at radius 2 is 1.57 bits per heavy atom. The zero-order chi connectivity index (χ0) is 27.5. The van der Waals surface area contributed by atoms with Crippen molar-refractivity contribution in [1.82, 2.24) is 14.0 Å². The van der Waals surface area contributed by atoms with Crippen LogP contribution in [0.2, 0.25) is 0 Å². The number of nitrogens with zero attached hydrogens (tertiary/aromatic N) is 4. The molecule has 0 bridgehead atoms. The fourth-order valence-corrected chi connectivity index (χ4v) is 4.57. The molecule has 0 spiro atoms. The van der Waals surface area contributed by atoms with Gasteiger partial charge < -0.3 is 20.1 Å². The van der Waals surface area contributed by atoms with Crippen molar-refractivity contribution >= 4 is 17.4 Å². The SMILES string of the molecule is CC(=O)Nc1ccc(OC(C)(C)C(O)CN2CCN(c3cc(=O)n(C(C)C)c(=O)n3C(C)C)CC2)cc1. The first-order valence-electron chi connectivity index (χ1n) is 12.9. The molecule has 1 aromatic carbocycles. The Morgan fingerprint density at radius 1 is 1.00 bits per heavy atom. The summed E-state index contributed by atoms with van der Waals surface area (Å²) in [4.78, 5) is 41.2. The monoisotopic (exact) mass is 515 g/mol. The van der Waals surface area contributed by atoms with E-state index >= 15 is 0 Å². The fraction of sp³-hybridized carbons (Fsp3) is 0.593. The van der Waals surface area contributed by atoms with Crippen LogP contribution in [0.15, 0.2) is 39.9 Å². The number of β-amino-alcohol motifs (C(OH)–C–C–N with tert-alkyl or cyclic N) is 1. The molecule has 37 heavy (non-hydrogen) atoms. The van der Waals surface area contributed by atoms with Gasteiger partial charge in [-0.2, -0.15) is 0 Å². The van der Waals surface area contributed by atoms with E-state index in [0.717, 1.165) is 0 Å². The number of aliphatic hydroxyl groups is 1. The normalized spacial score (nSPS) is 15.8. The summed E-state index contributed by atoms with van der Waals surface area (Å²) in [5, 5.41) is 13.7. The number of hydrogen-bond acceptors (Lipinski definition) is 7. The third-order valence-electron chi connectivity index (χ3n) is 6.67. The minimum absolute atomic E-state index is 0.0850. The van der Waals surface area contributed by atoms with Crippen molar-refractivity contribution in [2.45, 2.75) is 72.3 Å². The number of carbonyl (C=O) groups excluding carboxylic acids is 1. The third kappa shape index (κ3) is 6.81. The summed E-state index contributed by atoms with van der Waals surface area (Å²) in [5.41, 5.74) is -0.727. The summed E-state index contributed by atoms with van der Waals surface area (Å²) in [5.74, 6) is 1.11. The molecule has 10 heteroatoms. The molecule has 1 unspecified atom stereocenters. The molecule has 3 rings (SSSR count). The average molecular weight is 516 g/mol. The van der Waals surface area contributed by atoms with Gasteiger partial charge in [0.05, 0.1) is 0 Å². The lowest BCUT2D eigenvalue weighted by atomic mass is 10.0. The Hall–Kier alpha value is -3.11. The van der Waals surface area contributed by atoms with Crippen molar-refractivity contribution in [3.05, 3.63) is 51.2 Å². The van der Waals surface area contributed by atoms with Crippen molar-refractivity contribution in [2.75, 3.05) is 42.9 Å². The second-order valence-corrected chi connectivity index (χ2v) is 10.8. The first kappa shape index (κ1) is 28.5. The number of piperazine rings is 1. The van der Waals surface area contributed by atoms with Gasteiger partial charge >= 0.3 is 5.69 Å². The van der Waals surface area contributed by atoms with Crippen LogP contribution in [0.3, 0.4) is 0 Å². The van der Waals surface area contributed by atoms with Crippen LogP contribution in [0.4, 0.5) is 11.5 Å². The molecule has 2 aromatic rings. The van der Waals surface area contributed by atoms with Gasteiger partial charge in [0.15, 0.2) is 0 Å². The number of anilines is 2. The molecule has 0 aliphatic carbocycles. The summed E-state index contributed by atoms with van der Waals surface area (Å²) in [7, 11) is 0. The number of rotatable bonds is 9. The van der Waals surface area contributed by atoms with Crippen molar-refractivity contribution < 1.29 is 14.6 Å². The Labute approximate surface area is 218 Å². The van der Waals surface area contributed by atoms with E-state index in [1.165, 1.54) is 11.5 Å². The number of amides is 1. The van der Waals surface area contributed by atoms with Crippen LogP contribution >= 0.6 is 0 Å². The number of aromatic nitrogens is 2. The molecule has 2 heterocycles. The summed E-state index contributed by atoms with van der Waals surface area (Å²) >= 11 is 0. The van der Waals surface area contributed by atoms with E-state index in [1.54, 1.807) is 34.9 Å². The maximum absolute atomic E-state index is 13.1. The molecule has 1 saturated heterocycles. The van der Waals surface area contributed by atoms with Crippen LogP contribution in [-0.2, 0) is 4.79 Å². The lowest BCUT2D eigenvalue weighted by Crippen LogP contribution is -2.54. The van der Waals surface area contributed by atoms with E-state index in [0.29, 0.717) is 50.0 Å². The lowest BCUT2D eigenvalue weighted by Gasteiger charge is -2.40. The topological polar surface area (TPSA) is 109 Å². The van der Waals surface area contributed by atoms with E-state index in [9.17, 15) is 19.5 Å². The lowest BCUT2D eigenvalue weighted by molar-refractivity contribution is -0.114. The number of nitrogens with one attached hydrogen (secondary N) is 1. The van der Waals surface area contributed by atoms with Crippen molar-refractivity contribution in [1.29, 1.82) is 0 Å². The molecule has 2 N–H and O–H groups in total. The summed E-state index contributed by atoms with van der Waals surface area (Å²) in [6.45, 7) is 15.8. The molecule has 0 radical (unpaired) electrons. The molecular weight excluding hydrogens is 474 g/mol. The molecule has 204 valence electrons. The minimum Gasteiger partial charge on any atom is -0.485 e. The quantitative estimate of drug-likeness (QED) is 0.528. The molecule has 1 aromatic heterocycles. The Morgan fingerprint density at radius 3 is 2.08 bits per heavy atom. The fourth-order valence-electron chi connectivity index (χ4n) is 4.57. The maximum atomic E-state index is 13.1. The van der Waals surface area contributed by atoms with Gasteiger partial charge in [-0.05, 0) is 65.8 Å². The summed E-state index contributed by atoms with van der Waals surface area (Å²) < 4.78 is 9.07. The zero-order valence-corrected chi connectivity index (χ0v) is 23.0. The second kappa shape index (κ2) is 11.5. The standard InChI is InChI=1S/C27H41N5O5/c1-18(2)31-24(16-25(35)32(19(3)4)26(31)36)30-14-12-29(13-15-30)17-23(34)27(6,7)37-22-10-8-21(9-11-22)28-20(5)33/h8-11,16,18-19,23,34H,12-15,17H2,1-7H3,(H,28,33). The first-order chi connectivity index (χ1) is 17.3. The van der Waals surface area contributed by atoms with E-state index in [2.05, 4.69) is 15.1 Å². The smallest absolute Gasteiger partial charge is 0.333 e. The number of hydrogen-bond donors (Lipinski definition) is 2. The van der Waals surface area contributed by atoms with Crippen molar-refractivity contribution in [3.8, 4) is 5.75 Å². The maximum Gasteiger partial charge on any atom is 0.333 e. The van der Waals surface area contributed by atoms with E-state index in [1.807, 2.05) is 41.5 Å². The molecule has 0 saturated carbocycles. The van der Waals surface area contributed by atoms with Gasteiger partial charge in [0, 0.05) is 63.5 Å². The van der Waals surface area contributed by atoms with Crippen LogP contribution in [-0.4, -0.2) is 69.5 Å². The minimum atomic E-state index is -0.841. The van der Waals surface area contributed by atoms with Crippen LogP contribution < -0.4 is 26.2 Å². The second-order valence-electron chi connectivity index (χ2n) is 10.8. The third-order valence-corrected chi connectivity index (χ3v) is 6.67. The highest BCUT2D eigenvalue weighted by Gasteiger charge is 2.33. The highest BCUT2D eigenvalue weighted by atomic mass is 16.5. The van der Waals surface area contributed by atoms with E-state index in [4.69, 9.17) is 4.74 Å². The Bertz CT molecular complexity index is 1190. The van der Waals surface area contributed by atoms with Crippen molar-refractivity contribution in [3.63, 3.8) is 0 Å². The van der Waals surface area contributed by atoms with Crippen LogP contribution in [0.1, 0.15) is 60.5 Å². The van der Waals surface area contributed by atoms with Gasteiger partial charge in [0.25, 0.3) is 5.56 Å². The van der Waals surface area contributed by atoms with Crippen LogP contribution in [0.5, 0.6) is 5.75 Å². The largest absolute Gasteiger partial charge is 0.485 e. The Kier molecular flexibility index (Phi) is 8.86. The predicted molar refractivity (Wildman–Crippen MR) is 146 cm³/mol. The zero-order valence-electron chi connectivity index (χ0n) is 23.0. The molecular formula is C27H41N5O5. The van der Waals surface area contributed by atoms with E-state index in [-0.39, 0.29) is 29.2 Å². The molecule has 10 nitrogen and oxygen atoms in total. The predicted octanol–water partition coefficient (Wildman–Crippen LogP) is 2.47. The highest BCUT2D eigenvalue weighted by Crippen LogP contribution is 2.24. The van der Waals surface area contributed by atoms with Gasteiger partial charge in [0.1, 0.15) is 23.3 Å². The summed E-state index contributed by atoms with van der Waals surface area (Å²) in [6, 6.07) is 8.32. The van der Waals surface area contributed by atoms with Gasteiger partial charge in [-0.1, -0.05) is 0 Å². The summed E-state index contributed by atoms with van der Waals surface area (Å²) in [6.07, 6.45) is -0.752.